The first-order valence-electron chi connectivity index (χ1n) is 7.56. The molecule has 1 aliphatic heterocycles. The number of benzene rings is 2. The van der Waals surface area contributed by atoms with Gasteiger partial charge in [0.15, 0.2) is 0 Å². The first kappa shape index (κ1) is 16.0. The van der Waals surface area contributed by atoms with E-state index in [4.69, 9.17) is 0 Å². The van der Waals surface area contributed by atoms with Crippen LogP contribution in [-0.2, 0) is 16.0 Å². The smallest absolute Gasteiger partial charge is 0.227 e. The van der Waals surface area contributed by atoms with Crippen LogP contribution in [0.4, 0.5) is 11.4 Å². The molecule has 0 saturated heterocycles. The first-order chi connectivity index (χ1) is 11.1. The monoisotopic (exact) mass is 420 g/mol. The number of para-hydroxylation sites is 2. The van der Waals surface area contributed by atoms with Crippen molar-refractivity contribution < 1.29 is 9.59 Å². The van der Waals surface area contributed by atoms with Gasteiger partial charge in [-0.15, -0.1) is 0 Å². The van der Waals surface area contributed by atoms with Crippen LogP contribution in [0, 0.1) is 9.49 Å². The summed E-state index contributed by atoms with van der Waals surface area (Å²) < 4.78 is 1.00. The van der Waals surface area contributed by atoms with E-state index in [-0.39, 0.29) is 17.7 Å². The Kier molecular flexibility index (Phi) is 4.95. The van der Waals surface area contributed by atoms with Crippen LogP contribution in [-0.4, -0.2) is 11.8 Å². The van der Waals surface area contributed by atoms with Crippen molar-refractivity contribution >= 4 is 45.8 Å². The molecular weight excluding hydrogens is 403 g/mol. The summed E-state index contributed by atoms with van der Waals surface area (Å²) in [4.78, 5) is 24.3. The van der Waals surface area contributed by atoms with E-state index in [0.717, 1.165) is 20.5 Å². The van der Waals surface area contributed by atoms with Crippen molar-refractivity contribution in [2.45, 2.75) is 19.3 Å². The number of amides is 2. The van der Waals surface area contributed by atoms with E-state index in [2.05, 4.69) is 33.2 Å². The summed E-state index contributed by atoms with van der Waals surface area (Å²) in [5.41, 5.74) is 2.84. The minimum Gasteiger partial charge on any atom is -0.326 e. The summed E-state index contributed by atoms with van der Waals surface area (Å²) in [7, 11) is 0. The van der Waals surface area contributed by atoms with Gasteiger partial charge >= 0.3 is 0 Å². The lowest BCUT2D eigenvalue weighted by atomic mass is 9.89. The van der Waals surface area contributed by atoms with Crippen LogP contribution in [0.1, 0.15) is 18.4 Å². The number of carbonyl (C=O) groups excluding carboxylic acids is 2. The van der Waals surface area contributed by atoms with Gasteiger partial charge < -0.3 is 10.6 Å². The van der Waals surface area contributed by atoms with Crippen molar-refractivity contribution in [2.24, 2.45) is 5.92 Å². The summed E-state index contributed by atoms with van der Waals surface area (Å²) in [5, 5.41) is 5.83. The quantitative estimate of drug-likeness (QED) is 0.740. The molecule has 4 nitrogen and oxygen atoms in total. The zero-order chi connectivity index (χ0) is 16.2. The van der Waals surface area contributed by atoms with E-state index < -0.39 is 0 Å². The fourth-order valence-electron chi connectivity index (χ4n) is 2.73. The lowest BCUT2D eigenvalue weighted by Crippen LogP contribution is -2.30. The summed E-state index contributed by atoms with van der Waals surface area (Å²) in [6.07, 6.45) is 1.58. The van der Waals surface area contributed by atoms with Gasteiger partial charge in [0.2, 0.25) is 11.8 Å². The van der Waals surface area contributed by atoms with Crippen molar-refractivity contribution in [1.82, 2.24) is 0 Å². The average Bonchev–Trinajstić information content (AvgIpc) is 2.55. The Bertz CT molecular complexity index is 745. The largest absolute Gasteiger partial charge is 0.326 e. The Hall–Kier alpha value is -1.89. The normalized spacial score (nSPS) is 16.4. The molecule has 2 amide bonds. The molecule has 2 N–H and O–H groups in total. The van der Waals surface area contributed by atoms with Crippen LogP contribution < -0.4 is 10.6 Å². The zero-order valence-corrected chi connectivity index (χ0v) is 14.7. The topological polar surface area (TPSA) is 58.2 Å². The molecule has 1 heterocycles. The number of carbonyl (C=O) groups is 2. The Morgan fingerprint density at radius 1 is 1.17 bits per heavy atom. The standard InChI is InChI=1S/C18H17IN2O2/c19-14-6-2-4-8-16(14)20-17(22)10-9-13-11-12-5-1-3-7-15(12)21-18(13)23/h1-8,13H,9-11H2,(H,20,22)(H,21,23). The molecule has 0 saturated carbocycles. The summed E-state index contributed by atoms with van der Waals surface area (Å²) in [6, 6.07) is 15.5. The maximum Gasteiger partial charge on any atom is 0.227 e. The number of hydrogen-bond donors (Lipinski definition) is 2. The third kappa shape index (κ3) is 3.90. The third-order valence-electron chi connectivity index (χ3n) is 3.98. The Morgan fingerprint density at radius 2 is 1.91 bits per heavy atom. The molecule has 0 aromatic heterocycles. The number of hydrogen-bond acceptors (Lipinski definition) is 2. The van der Waals surface area contributed by atoms with Crippen molar-refractivity contribution in [2.75, 3.05) is 10.6 Å². The van der Waals surface area contributed by atoms with Gasteiger partial charge in [0.1, 0.15) is 0 Å². The van der Waals surface area contributed by atoms with Gasteiger partial charge in [-0.3, -0.25) is 9.59 Å². The molecule has 23 heavy (non-hydrogen) atoms. The van der Waals surface area contributed by atoms with Crippen LogP contribution in [0.25, 0.3) is 0 Å². The maximum absolute atomic E-state index is 12.1. The van der Waals surface area contributed by atoms with Crippen LogP contribution in [0.3, 0.4) is 0 Å². The fraction of sp³-hybridized carbons (Fsp3) is 0.222. The SMILES string of the molecule is O=C(CCC1Cc2ccccc2NC1=O)Nc1ccccc1I. The predicted octanol–water partition coefficient (Wildman–Crippen LogP) is 3.82. The highest BCUT2D eigenvalue weighted by molar-refractivity contribution is 14.1. The Morgan fingerprint density at radius 3 is 2.74 bits per heavy atom. The highest BCUT2D eigenvalue weighted by Gasteiger charge is 2.26. The summed E-state index contributed by atoms with van der Waals surface area (Å²) >= 11 is 2.19. The molecule has 0 spiro atoms. The van der Waals surface area contributed by atoms with Crippen LogP contribution >= 0.6 is 22.6 Å². The van der Waals surface area contributed by atoms with Gasteiger partial charge in [0.05, 0.1) is 5.69 Å². The minimum atomic E-state index is -0.148. The number of halogens is 1. The zero-order valence-electron chi connectivity index (χ0n) is 12.5. The lowest BCUT2D eigenvalue weighted by molar-refractivity contribution is -0.121. The van der Waals surface area contributed by atoms with E-state index in [1.54, 1.807) is 0 Å². The van der Waals surface area contributed by atoms with Gasteiger partial charge in [-0.05, 0) is 59.2 Å². The molecular formula is C18H17IN2O2. The molecule has 3 rings (SSSR count). The van der Waals surface area contributed by atoms with Crippen LogP contribution in [0.2, 0.25) is 0 Å². The van der Waals surface area contributed by atoms with Crippen molar-refractivity contribution in [3.8, 4) is 0 Å². The van der Waals surface area contributed by atoms with Gasteiger partial charge in [-0.1, -0.05) is 30.3 Å². The molecule has 0 radical (unpaired) electrons. The number of anilines is 2. The van der Waals surface area contributed by atoms with Gasteiger partial charge in [0.25, 0.3) is 0 Å². The second-order valence-corrected chi connectivity index (χ2v) is 6.78. The minimum absolute atomic E-state index is 0.00536. The predicted molar refractivity (Wildman–Crippen MR) is 99.3 cm³/mol. The van der Waals surface area contributed by atoms with Gasteiger partial charge in [-0.2, -0.15) is 0 Å². The van der Waals surface area contributed by atoms with E-state index in [0.29, 0.717) is 19.3 Å². The van der Waals surface area contributed by atoms with Crippen LogP contribution in [0.5, 0.6) is 0 Å². The van der Waals surface area contributed by atoms with E-state index >= 15 is 0 Å². The van der Waals surface area contributed by atoms with E-state index in [9.17, 15) is 9.59 Å². The van der Waals surface area contributed by atoms with Crippen LogP contribution in [0.15, 0.2) is 48.5 Å². The average molecular weight is 420 g/mol. The molecule has 2 aromatic carbocycles. The molecule has 1 unspecified atom stereocenters. The Balaban J connectivity index is 1.57. The highest BCUT2D eigenvalue weighted by atomic mass is 127. The highest BCUT2D eigenvalue weighted by Crippen LogP contribution is 2.27. The van der Waals surface area contributed by atoms with Gasteiger partial charge in [-0.25, -0.2) is 0 Å². The van der Waals surface area contributed by atoms with E-state index in [1.165, 1.54) is 0 Å². The molecule has 5 heteroatoms. The van der Waals surface area contributed by atoms with Crippen molar-refractivity contribution in [1.29, 1.82) is 0 Å². The fourth-order valence-corrected chi connectivity index (χ4v) is 3.25. The van der Waals surface area contributed by atoms with Gasteiger partial charge in [0, 0.05) is 21.6 Å². The summed E-state index contributed by atoms with van der Waals surface area (Å²) in [6.45, 7) is 0. The summed E-state index contributed by atoms with van der Waals surface area (Å²) in [5.74, 6) is -0.197. The molecule has 1 aliphatic rings. The number of rotatable bonds is 4. The van der Waals surface area contributed by atoms with E-state index in [1.807, 2.05) is 48.5 Å². The third-order valence-corrected chi connectivity index (χ3v) is 4.92. The maximum atomic E-state index is 12.1. The van der Waals surface area contributed by atoms with Crippen molar-refractivity contribution in [3.63, 3.8) is 0 Å². The number of fused-ring (bicyclic) bond motifs is 1. The molecule has 2 aromatic rings. The molecule has 0 aliphatic carbocycles. The lowest BCUT2D eigenvalue weighted by Gasteiger charge is -2.24. The second-order valence-electron chi connectivity index (χ2n) is 5.61. The van der Waals surface area contributed by atoms with Crippen molar-refractivity contribution in [3.05, 3.63) is 57.7 Å². The second kappa shape index (κ2) is 7.12. The first-order valence-corrected chi connectivity index (χ1v) is 8.64. The number of nitrogens with one attached hydrogen (secondary N) is 2. The molecule has 118 valence electrons. The molecule has 0 fully saturated rings. The molecule has 1 atom stereocenters. The molecule has 0 bridgehead atoms. The Labute approximate surface area is 148 Å².